The van der Waals surface area contributed by atoms with E-state index in [1.165, 1.54) is 12.1 Å². The summed E-state index contributed by atoms with van der Waals surface area (Å²) >= 11 is 0. The Morgan fingerprint density at radius 2 is 1.95 bits per heavy atom. The third-order valence-electron chi connectivity index (χ3n) is 2.56. The van der Waals surface area contributed by atoms with Crippen LogP contribution in [0.25, 0.3) is 0 Å². The van der Waals surface area contributed by atoms with Gasteiger partial charge in [0.15, 0.2) is 0 Å². The molecule has 2 rings (SSSR count). The topological polar surface area (TPSA) is 85.1 Å². The van der Waals surface area contributed by atoms with E-state index in [1.807, 2.05) is 19.1 Å². The molecule has 1 aromatic heterocycles. The smallest absolute Gasteiger partial charge is 0.240 e. The van der Waals surface area contributed by atoms with Crippen LogP contribution in [-0.4, -0.2) is 13.4 Å². The summed E-state index contributed by atoms with van der Waals surface area (Å²) in [6.45, 7) is 2.01. The summed E-state index contributed by atoms with van der Waals surface area (Å²) < 4.78 is 26.6. The van der Waals surface area contributed by atoms with Gasteiger partial charge in [-0.3, -0.25) is 4.98 Å². The average Bonchev–Trinajstić information content (AvgIpc) is 2.37. The Labute approximate surface area is 112 Å². The van der Waals surface area contributed by atoms with Crippen molar-refractivity contribution in [3.8, 4) is 0 Å². The van der Waals surface area contributed by atoms with Gasteiger partial charge in [0, 0.05) is 11.4 Å². The first-order valence-electron chi connectivity index (χ1n) is 5.75. The zero-order valence-electron chi connectivity index (χ0n) is 10.5. The molecule has 6 heteroatoms. The minimum Gasteiger partial charge on any atom is -0.399 e. The van der Waals surface area contributed by atoms with E-state index in [-0.39, 0.29) is 11.4 Å². The summed E-state index contributed by atoms with van der Waals surface area (Å²) in [6.07, 6.45) is 0. The second-order valence-electron chi connectivity index (χ2n) is 4.17. The van der Waals surface area contributed by atoms with Crippen LogP contribution >= 0.6 is 0 Å². The number of hydrogen-bond acceptors (Lipinski definition) is 4. The summed E-state index contributed by atoms with van der Waals surface area (Å²) in [5.74, 6) is 0. The fraction of sp³-hybridized carbons (Fsp3) is 0.154. The maximum absolute atomic E-state index is 12.0. The number of benzene rings is 1. The maximum atomic E-state index is 12.0. The number of nitrogens with zero attached hydrogens (tertiary/aromatic N) is 1. The Morgan fingerprint density at radius 1 is 1.21 bits per heavy atom. The van der Waals surface area contributed by atoms with E-state index in [2.05, 4.69) is 9.71 Å². The van der Waals surface area contributed by atoms with Crippen molar-refractivity contribution in [3.05, 3.63) is 53.9 Å². The van der Waals surface area contributed by atoms with Crippen LogP contribution in [0.3, 0.4) is 0 Å². The summed E-state index contributed by atoms with van der Waals surface area (Å²) in [7, 11) is -3.56. The van der Waals surface area contributed by atoms with Crippen molar-refractivity contribution in [2.75, 3.05) is 5.73 Å². The van der Waals surface area contributed by atoms with Crippen LogP contribution in [0.4, 0.5) is 5.69 Å². The van der Waals surface area contributed by atoms with Crippen molar-refractivity contribution in [3.63, 3.8) is 0 Å². The molecule has 0 bridgehead atoms. The van der Waals surface area contributed by atoms with Crippen LogP contribution in [-0.2, 0) is 16.6 Å². The molecule has 1 aromatic carbocycles. The van der Waals surface area contributed by atoms with E-state index in [0.717, 1.165) is 5.69 Å². The van der Waals surface area contributed by atoms with E-state index < -0.39 is 10.0 Å². The highest BCUT2D eigenvalue weighted by molar-refractivity contribution is 7.89. The van der Waals surface area contributed by atoms with Gasteiger partial charge in [0.05, 0.1) is 17.1 Å². The standard InChI is InChI=1S/C13H15N3O2S/c1-10-4-2-6-12(16-10)9-15-19(17,18)13-7-3-5-11(14)8-13/h2-8,15H,9,14H2,1H3. The molecular formula is C13H15N3O2S. The van der Waals surface area contributed by atoms with Crippen LogP contribution in [0.2, 0.25) is 0 Å². The molecule has 0 fully saturated rings. The predicted molar refractivity (Wildman–Crippen MR) is 73.9 cm³/mol. The SMILES string of the molecule is Cc1cccc(CNS(=O)(=O)c2cccc(N)c2)n1. The van der Waals surface area contributed by atoms with Gasteiger partial charge in [-0.1, -0.05) is 12.1 Å². The number of nitrogens with one attached hydrogen (secondary N) is 1. The van der Waals surface area contributed by atoms with E-state index in [9.17, 15) is 8.42 Å². The Kier molecular flexibility index (Phi) is 3.82. The van der Waals surface area contributed by atoms with Crippen LogP contribution < -0.4 is 10.5 Å². The Hall–Kier alpha value is -1.92. The number of anilines is 1. The zero-order chi connectivity index (χ0) is 13.9. The number of aromatic nitrogens is 1. The van der Waals surface area contributed by atoms with Crippen molar-refractivity contribution in [2.45, 2.75) is 18.4 Å². The van der Waals surface area contributed by atoms with Crippen molar-refractivity contribution >= 4 is 15.7 Å². The Bertz CT molecular complexity index is 684. The van der Waals surface area contributed by atoms with Crippen LogP contribution in [0, 0.1) is 6.92 Å². The zero-order valence-corrected chi connectivity index (χ0v) is 11.3. The highest BCUT2D eigenvalue weighted by atomic mass is 32.2. The molecule has 0 saturated heterocycles. The molecule has 0 radical (unpaired) electrons. The number of nitrogens with two attached hydrogens (primary N) is 1. The van der Waals surface area contributed by atoms with Crippen molar-refractivity contribution in [2.24, 2.45) is 0 Å². The molecule has 0 saturated carbocycles. The van der Waals surface area contributed by atoms with Crippen LogP contribution in [0.1, 0.15) is 11.4 Å². The third kappa shape index (κ3) is 3.52. The summed E-state index contributed by atoms with van der Waals surface area (Å²) in [4.78, 5) is 4.39. The lowest BCUT2D eigenvalue weighted by Crippen LogP contribution is -2.23. The van der Waals surface area contributed by atoms with Gasteiger partial charge in [0.2, 0.25) is 10.0 Å². The fourth-order valence-corrected chi connectivity index (χ4v) is 2.69. The molecule has 0 aliphatic rings. The largest absolute Gasteiger partial charge is 0.399 e. The van der Waals surface area contributed by atoms with Gasteiger partial charge in [-0.05, 0) is 37.3 Å². The molecule has 100 valence electrons. The molecule has 0 atom stereocenters. The summed E-state index contributed by atoms with van der Waals surface area (Å²) in [5.41, 5.74) is 7.51. The van der Waals surface area contributed by atoms with E-state index in [0.29, 0.717) is 11.4 Å². The molecule has 0 amide bonds. The number of pyridine rings is 1. The first-order chi connectivity index (χ1) is 8.97. The minimum atomic E-state index is -3.56. The first kappa shape index (κ1) is 13.5. The van der Waals surface area contributed by atoms with Crippen LogP contribution in [0.15, 0.2) is 47.4 Å². The lowest BCUT2D eigenvalue weighted by molar-refractivity contribution is 0.580. The maximum Gasteiger partial charge on any atom is 0.240 e. The van der Waals surface area contributed by atoms with Gasteiger partial charge in [-0.25, -0.2) is 13.1 Å². The normalized spacial score (nSPS) is 11.4. The summed E-state index contributed by atoms with van der Waals surface area (Å²) in [5, 5.41) is 0. The number of aryl methyl sites for hydroxylation is 1. The second kappa shape index (κ2) is 5.38. The van der Waals surface area contributed by atoms with Gasteiger partial charge in [-0.2, -0.15) is 0 Å². The molecule has 5 nitrogen and oxygen atoms in total. The molecule has 19 heavy (non-hydrogen) atoms. The van der Waals surface area contributed by atoms with Crippen molar-refractivity contribution in [1.29, 1.82) is 0 Å². The monoisotopic (exact) mass is 277 g/mol. The third-order valence-corrected chi connectivity index (χ3v) is 3.96. The number of sulfonamides is 1. The van der Waals surface area contributed by atoms with E-state index in [4.69, 9.17) is 5.73 Å². The van der Waals surface area contributed by atoms with Gasteiger partial charge in [-0.15, -0.1) is 0 Å². The minimum absolute atomic E-state index is 0.152. The second-order valence-corrected chi connectivity index (χ2v) is 5.93. The lowest BCUT2D eigenvalue weighted by atomic mass is 10.3. The van der Waals surface area contributed by atoms with Crippen LogP contribution in [0.5, 0.6) is 0 Å². The molecule has 0 aliphatic heterocycles. The highest BCUT2D eigenvalue weighted by Gasteiger charge is 2.13. The Morgan fingerprint density at radius 3 is 2.63 bits per heavy atom. The fourth-order valence-electron chi connectivity index (χ4n) is 1.63. The number of nitrogen functional groups attached to an aromatic ring is 1. The van der Waals surface area contributed by atoms with Crippen molar-refractivity contribution in [1.82, 2.24) is 9.71 Å². The molecule has 0 unspecified atom stereocenters. The average molecular weight is 277 g/mol. The number of rotatable bonds is 4. The molecule has 3 N–H and O–H groups in total. The molecule has 0 aliphatic carbocycles. The van der Waals surface area contributed by atoms with Gasteiger partial charge < -0.3 is 5.73 Å². The summed E-state index contributed by atoms with van der Waals surface area (Å²) in [6, 6.07) is 11.6. The van der Waals surface area contributed by atoms with E-state index in [1.54, 1.807) is 18.2 Å². The molecule has 1 heterocycles. The quantitative estimate of drug-likeness (QED) is 0.828. The van der Waals surface area contributed by atoms with Gasteiger partial charge in [0.1, 0.15) is 0 Å². The molecular weight excluding hydrogens is 262 g/mol. The molecule has 0 spiro atoms. The molecule has 2 aromatic rings. The highest BCUT2D eigenvalue weighted by Crippen LogP contribution is 2.12. The van der Waals surface area contributed by atoms with E-state index >= 15 is 0 Å². The van der Waals surface area contributed by atoms with Gasteiger partial charge >= 0.3 is 0 Å². The predicted octanol–water partition coefficient (Wildman–Crippen LogP) is 1.45. The number of hydrogen-bond donors (Lipinski definition) is 2. The first-order valence-corrected chi connectivity index (χ1v) is 7.23. The van der Waals surface area contributed by atoms with Crippen molar-refractivity contribution < 1.29 is 8.42 Å². The lowest BCUT2D eigenvalue weighted by Gasteiger charge is -2.07. The van der Waals surface area contributed by atoms with Gasteiger partial charge in [0.25, 0.3) is 0 Å². The Balaban J connectivity index is 2.14.